The Bertz CT molecular complexity index is 628. The van der Waals surface area contributed by atoms with Gasteiger partial charge in [0, 0.05) is 9.90 Å². The number of nitrogens with zero attached hydrogens (tertiary/aromatic N) is 1. The summed E-state index contributed by atoms with van der Waals surface area (Å²) in [5, 5.41) is 17.3. The molecule has 1 aromatic carbocycles. The van der Waals surface area contributed by atoms with Gasteiger partial charge in [-0.3, -0.25) is 0 Å². The van der Waals surface area contributed by atoms with Crippen molar-refractivity contribution in [2.75, 3.05) is 6.61 Å². The fourth-order valence-electron chi connectivity index (χ4n) is 1.64. The van der Waals surface area contributed by atoms with Gasteiger partial charge < -0.3 is 10.1 Å². The summed E-state index contributed by atoms with van der Waals surface area (Å²) in [6.07, 6.45) is 0.392. The van der Waals surface area contributed by atoms with Crippen LogP contribution in [-0.2, 0) is 17.8 Å². The molecule has 0 radical (unpaired) electrons. The Hall–Kier alpha value is -1.67. The first-order valence-electron chi connectivity index (χ1n) is 6.04. The molecule has 0 fully saturated rings. The number of nitriles is 1. The molecule has 0 aliphatic carbocycles. The molecule has 3 nitrogen and oxygen atoms in total. The van der Waals surface area contributed by atoms with Crippen molar-refractivity contribution in [3.8, 4) is 6.07 Å². The number of thiophene rings is 1. The van der Waals surface area contributed by atoms with Gasteiger partial charge in [-0.15, -0.1) is 11.3 Å². The van der Waals surface area contributed by atoms with Crippen molar-refractivity contribution in [1.29, 1.82) is 10.7 Å². The number of ether oxygens (including phenoxy) is 1. The highest BCUT2D eigenvalue weighted by atomic mass is 35.5. The molecule has 1 aromatic heterocycles. The molecule has 0 atom stereocenters. The smallest absolute Gasteiger partial charge is 0.0899 e. The summed E-state index contributed by atoms with van der Waals surface area (Å²) in [5.41, 5.74) is 1.46. The molecule has 1 heterocycles. The minimum Gasteiger partial charge on any atom is -0.370 e. The molecule has 0 saturated carbocycles. The van der Waals surface area contributed by atoms with Crippen LogP contribution in [0.1, 0.15) is 15.3 Å². The van der Waals surface area contributed by atoms with E-state index >= 15 is 0 Å². The van der Waals surface area contributed by atoms with Crippen LogP contribution < -0.4 is 0 Å². The average molecular weight is 305 g/mol. The van der Waals surface area contributed by atoms with Gasteiger partial charge in [-0.05, 0) is 29.8 Å². The lowest BCUT2D eigenvalue weighted by Gasteiger charge is -2.04. The van der Waals surface area contributed by atoms with Crippen LogP contribution in [0.4, 0.5) is 0 Å². The average Bonchev–Trinajstić information content (AvgIpc) is 2.90. The van der Waals surface area contributed by atoms with Crippen molar-refractivity contribution in [2.45, 2.75) is 13.0 Å². The monoisotopic (exact) mass is 304 g/mol. The summed E-state index contributed by atoms with van der Waals surface area (Å²) in [6.45, 7) is 0.713. The molecule has 0 spiro atoms. The molecule has 1 N–H and O–H groups in total. The second-order valence-electron chi connectivity index (χ2n) is 4.20. The maximum atomic E-state index is 8.62. The van der Waals surface area contributed by atoms with E-state index in [0.29, 0.717) is 23.8 Å². The Balaban J connectivity index is 1.82. The first kappa shape index (κ1) is 14.7. The lowest BCUT2D eigenvalue weighted by Crippen LogP contribution is -2.07. The van der Waals surface area contributed by atoms with E-state index in [9.17, 15) is 0 Å². The van der Waals surface area contributed by atoms with E-state index in [1.807, 2.05) is 36.4 Å². The maximum absolute atomic E-state index is 8.62. The molecular formula is C15H13ClN2OS. The number of halogens is 1. The lowest BCUT2D eigenvalue weighted by atomic mass is 10.2. The quantitative estimate of drug-likeness (QED) is 0.818. The molecule has 5 heteroatoms. The summed E-state index contributed by atoms with van der Waals surface area (Å²) in [6, 6.07) is 13.3. The minimum atomic E-state index is 0.259. The van der Waals surface area contributed by atoms with Crippen LogP contribution in [0.5, 0.6) is 0 Å². The van der Waals surface area contributed by atoms with Crippen molar-refractivity contribution >= 4 is 28.6 Å². The lowest BCUT2D eigenvalue weighted by molar-refractivity contribution is 0.158. The van der Waals surface area contributed by atoms with E-state index in [1.165, 1.54) is 11.3 Å². The largest absolute Gasteiger partial charge is 0.370 e. The van der Waals surface area contributed by atoms with Gasteiger partial charge in [0.1, 0.15) is 0 Å². The predicted octanol–water partition coefficient (Wildman–Crippen LogP) is 4.05. The molecular weight excluding hydrogens is 292 g/mol. The Morgan fingerprint density at radius 2 is 2.00 bits per heavy atom. The number of benzene rings is 1. The maximum Gasteiger partial charge on any atom is 0.0899 e. The zero-order chi connectivity index (χ0) is 14.4. The first-order chi connectivity index (χ1) is 9.69. The summed E-state index contributed by atoms with van der Waals surface area (Å²) >= 11 is 7.28. The summed E-state index contributed by atoms with van der Waals surface area (Å²) in [7, 11) is 0. The third-order valence-corrected chi connectivity index (χ3v) is 4.04. The second kappa shape index (κ2) is 7.20. The second-order valence-corrected chi connectivity index (χ2v) is 5.80. The van der Waals surface area contributed by atoms with E-state index < -0.39 is 0 Å². The van der Waals surface area contributed by atoms with Gasteiger partial charge in [0.2, 0.25) is 0 Å². The first-order valence-corrected chi connectivity index (χ1v) is 7.24. The van der Waals surface area contributed by atoms with Crippen LogP contribution in [0.25, 0.3) is 0 Å². The van der Waals surface area contributed by atoms with Crippen molar-refractivity contribution in [3.05, 3.63) is 56.7 Å². The molecule has 0 amide bonds. The number of hydrogen-bond acceptors (Lipinski definition) is 4. The van der Waals surface area contributed by atoms with Crippen molar-refractivity contribution in [3.63, 3.8) is 0 Å². The van der Waals surface area contributed by atoms with Crippen LogP contribution in [0.3, 0.4) is 0 Å². The van der Waals surface area contributed by atoms with Gasteiger partial charge in [-0.25, -0.2) is 0 Å². The highest BCUT2D eigenvalue weighted by Gasteiger charge is 2.06. The molecule has 102 valence electrons. The molecule has 2 aromatic rings. The fourth-order valence-corrected chi connectivity index (χ4v) is 2.64. The van der Waals surface area contributed by atoms with Gasteiger partial charge in [-0.2, -0.15) is 5.26 Å². The normalized spacial score (nSPS) is 10.2. The van der Waals surface area contributed by atoms with Gasteiger partial charge >= 0.3 is 0 Å². The van der Waals surface area contributed by atoms with Crippen LogP contribution >= 0.6 is 22.9 Å². The molecule has 0 bridgehead atoms. The highest BCUT2D eigenvalue weighted by Crippen LogP contribution is 2.17. The molecule has 20 heavy (non-hydrogen) atoms. The minimum absolute atomic E-state index is 0.259. The fraction of sp³-hybridized carbons (Fsp3) is 0.200. The Labute approximate surface area is 126 Å². The van der Waals surface area contributed by atoms with Crippen LogP contribution in [0, 0.1) is 16.7 Å². The SMILES string of the molecule is N#CCc1ccc(C(=N)COCc2ccc(Cl)cc2)s1. The summed E-state index contributed by atoms with van der Waals surface area (Å²) < 4.78 is 5.52. The van der Waals surface area contributed by atoms with Gasteiger partial charge in [-0.1, -0.05) is 23.7 Å². The standard InChI is InChI=1S/C15H13ClN2OS/c16-12-3-1-11(2-4-12)9-19-10-14(18)15-6-5-13(20-15)7-8-17/h1-6,18H,7,9-10H2. The Morgan fingerprint density at radius 3 is 2.70 bits per heavy atom. The van der Waals surface area contributed by atoms with Crippen molar-refractivity contribution in [2.24, 2.45) is 0 Å². The van der Waals surface area contributed by atoms with Gasteiger partial charge in [0.25, 0.3) is 0 Å². The molecule has 2 rings (SSSR count). The molecule has 0 unspecified atom stereocenters. The molecule has 0 aliphatic rings. The highest BCUT2D eigenvalue weighted by molar-refractivity contribution is 7.14. The van der Waals surface area contributed by atoms with Crippen LogP contribution in [0.2, 0.25) is 5.02 Å². The topological polar surface area (TPSA) is 56.9 Å². The number of hydrogen-bond donors (Lipinski definition) is 1. The van der Waals surface area contributed by atoms with Gasteiger partial charge in [0.15, 0.2) is 0 Å². The third-order valence-electron chi connectivity index (χ3n) is 2.64. The summed E-state index contributed by atoms with van der Waals surface area (Å²) in [5.74, 6) is 0. The zero-order valence-corrected chi connectivity index (χ0v) is 12.3. The number of nitrogens with one attached hydrogen (secondary N) is 1. The van der Waals surface area contributed by atoms with E-state index in [0.717, 1.165) is 15.3 Å². The van der Waals surface area contributed by atoms with Crippen molar-refractivity contribution in [1.82, 2.24) is 0 Å². The summed E-state index contributed by atoms with van der Waals surface area (Å²) in [4.78, 5) is 1.83. The number of rotatable bonds is 6. The van der Waals surface area contributed by atoms with Gasteiger partial charge in [0.05, 0.1) is 36.3 Å². The third kappa shape index (κ3) is 4.17. The Kier molecular flexibility index (Phi) is 5.31. The van der Waals surface area contributed by atoms with Crippen molar-refractivity contribution < 1.29 is 4.74 Å². The van der Waals surface area contributed by atoms with Crippen LogP contribution in [0.15, 0.2) is 36.4 Å². The van der Waals surface area contributed by atoms with E-state index in [4.69, 9.17) is 27.0 Å². The zero-order valence-electron chi connectivity index (χ0n) is 10.7. The molecule has 0 saturated heterocycles. The van der Waals surface area contributed by atoms with Crippen LogP contribution in [-0.4, -0.2) is 12.3 Å². The molecule has 0 aliphatic heterocycles. The van der Waals surface area contributed by atoms with E-state index in [1.54, 1.807) is 0 Å². The Morgan fingerprint density at radius 1 is 1.25 bits per heavy atom. The predicted molar refractivity (Wildman–Crippen MR) is 81.6 cm³/mol. The van der Waals surface area contributed by atoms with E-state index in [2.05, 4.69) is 6.07 Å². The van der Waals surface area contributed by atoms with E-state index in [-0.39, 0.29) is 6.61 Å².